The van der Waals surface area contributed by atoms with Crippen LogP contribution in [-0.2, 0) is 37.9 Å². The first kappa shape index (κ1) is 20.5. The van der Waals surface area contributed by atoms with Gasteiger partial charge in [0, 0.05) is 0 Å². The summed E-state index contributed by atoms with van der Waals surface area (Å²) in [5.41, 5.74) is -0.625. The Labute approximate surface area is 157 Å². The van der Waals surface area contributed by atoms with Crippen LogP contribution in [-0.4, -0.2) is 28.0 Å². The van der Waals surface area contributed by atoms with Gasteiger partial charge in [0.05, 0.1) is 0 Å². The molecule has 25 heavy (non-hydrogen) atoms. The molecule has 136 valence electrons. The SMILES string of the molecule is Cc1ccc([C@]2(C)CC[C@](C)(O)[C]2(C)[Hg][O]C(=O)C(F)(F)F)c(O)c1. The number of carbonyl (C=O) groups excluding carboxylic acids is 1. The summed E-state index contributed by atoms with van der Waals surface area (Å²) < 4.78 is 41.3. The van der Waals surface area contributed by atoms with Gasteiger partial charge in [-0.25, -0.2) is 0 Å². The zero-order valence-electron chi connectivity index (χ0n) is 14.7. The van der Waals surface area contributed by atoms with Gasteiger partial charge >= 0.3 is 158 Å². The molecule has 0 radical (unpaired) electrons. The van der Waals surface area contributed by atoms with Gasteiger partial charge < -0.3 is 0 Å². The fourth-order valence-corrected chi connectivity index (χ4v) is 10.6. The molecule has 0 aliphatic heterocycles. The average molecular weight is 547 g/mol. The number of aliphatic hydroxyl groups is 1. The summed E-state index contributed by atoms with van der Waals surface area (Å²) in [4.78, 5) is 11.2. The van der Waals surface area contributed by atoms with Crippen LogP contribution in [0.15, 0.2) is 18.2 Å². The third-order valence-electron chi connectivity index (χ3n) is 5.99. The van der Waals surface area contributed by atoms with E-state index in [0.717, 1.165) is 5.56 Å². The second-order valence-corrected chi connectivity index (χ2v) is 15.3. The van der Waals surface area contributed by atoms with Crippen LogP contribution in [0.25, 0.3) is 0 Å². The number of phenols is 1. The molecule has 2 N–H and O–H groups in total. The van der Waals surface area contributed by atoms with Gasteiger partial charge in [-0.15, -0.1) is 0 Å². The normalized spacial score (nSPS) is 32.3. The Bertz CT molecular complexity index is 689. The Morgan fingerprint density at radius 2 is 1.84 bits per heavy atom. The van der Waals surface area contributed by atoms with Crippen LogP contribution < -0.4 is 0 Å². The van der Waals surface area contributed by atoms with Gasteiger partial charge in [-0.1, -0.05) is 0 Å². The van der Waals surface area contributed by atoms with Crippen molar-refractivity contribution in [2.45, 2.75) is 60.7 Å². The third kappa shape index (κ3) is 3.41. The van der Waals surface area contributed by atoms with Crippen molar-refractivity contribution in [3.63, 3.8) is 0 Å². The van der Waals surface area contributed by atoms with Gasteiger partial charge in [0.2, 0.25) is 0 Å². The molecule has 0 saturated heterocycles. The van der Waals surface area contributed by atoms with Crippen LogP contribution in [0.3, 0.4) is 0 Å². The van der Waals surface area contributed by atoms with E-state index >= 15 is 0 Å². The molecule has 1 aliphatic carbocycles. The maximum absolute atomic E-state index is 12.5. The van der Waals surface area contributed by atoms with Gasteiger partial charge in [0.15, 0.2) is 0 Å². The van der Waals surface area contributed by atoms with E-state index in [4.69, 9.17) is 2.64 Å². The Kier molecular flexibility index (Phi) is 5.25. The van der Waals surface area contributed by atoms with Crippen LogP contribution in [0.1, 0.15) is 44.7 Å². The van der Waals surface area contributed by atoms with Crippen molar-refractivity contribution in [3.05, 3.63) is 29.3 Å². The second kappa shape index (κ2) is 6.41. The first-order chi connectivity index (χ1) is 11.2. The molecule has 1 aromatic rings. The Morgan fingerprint density at radius 3 is 2.36 bits per heavy atom. The Balaban J connectivity index is 2.44. The molecule has 0 bridgehead atoms. The van der Waals surface area contributed by atoms with Gasteiger partial charge in [-0.05, 0) is 0 Å². The predicted molar refractivity (Wildman–Crippen MR) is 80.6 cm³/mol. The van der Waals surface area contributed by atoms with E-state index in [9.17, 15) is 28.2 Å². The van der Waals surface area contributed by atoms with E-state index in [1.807, 2.05) is 19.9 Å². The molecule has 0 aromatic heterocycles. The van der Waals surface area contributed by atoms with Crippen molar-refractivity contribution in [1.29, 1.82) is 0 Å². The number of aromatic hydroxyl groups is 1. The van der Waals surface area contributed by atoms with Gasteiger partial charge in [0.1, 0.15) is 0 Å². The van der Waals surface area contributed by atoms with E-state index in [-0.39, 0.29) is 5.75 Å². The van der Waals surface area contributed by atoms with Gasteiger partial charge in [-0.3, -0.25) is 0 Å². The fourth-order valence-electron chi connectivity index (χ4n) is 3.79. The van der Waals surface area contributed by atoms with Crippen LogP contribution in [0, 0.1) is 6.92 Å². The van der Waals surface area contributed by atoms with Crippen LogP contribution in [0.5, 0.6) is 5.75 Å². The number of alkyl halides is 3. The minimum atomic E-state index is -5.04. The number of carbonyl (C=O) groups is 1. The summed E-state index contributed by atoms with van der Waals surface area (Å²) in [6, 6.07) is 5.14. The number of rotatable bonds is 3. The summed E-state index contributed by atoms with van der Waals surface area (Å²) in [7, 11) is 0. The van der Waals surface area contributed by atoms with Crippen LogP contribution in [0.4, 0.5) is 13.2 Å². The number of hydrogen-bond donors (Lipinski definition) is 2. The predicted octanol–water partition coefficient (Wildman–Crippen LogP) is 3.78. The first-order valence-corrected chi connectivity index (χ1v) is 13.0. The van der Waals surface area contributed by atoms with Gasteiger partial charge in [-0.2, -0.15) is 0 Å². The fraction of sp³-hybridized carbons (Fsp3) is 0.588. The summed E-state index contributed by atoms with van der Waals surface area (Å²) in [6.07, 6.45) is -4.20. The molecule has 1 unspecified atom stereocenters. The second-order valence-electron chi connectivity index (χ2n) is 7.53. The molecule has 0 spiro atoms. The van der Waals surface area contributed by atoms with Crippen molar-refractivity contribution in [3.8, 4) is 5.75 Å². The van der Waals surface area contributed by atoms with Crippen molar-refractivity contribution in [2.24, 2.45) is 0 Å². The monoisotopic (exact) mass is 548 g/mol. The van der Waals surface area contributed by atoms with Crippen molar-refractivity contribution in [1.82, 2.24) is 0 Å². The van der Waals surface area contributed by atoms with Crippen LogP contribution >= 0.6 is 0 Å². The summed E-state index contributed by atoms with van der Waals surface area (Å²) >= 11 is -3.07. The number of phenolic OH excluding ortho intramolecular Hbond substituents is 1. The van der Waals surface area contributed by atoms with E-state index in [2.05, 4.69) is 0 Å². The van der Waals surface area contributed by atoms with Crippen LogP contribution in [0.2, 0.25) is 2.92 Å². The van der Waals surface area contributed by atoms with E-state index in [0.29, 0.717) is 18.4 Å². The summed E-state index contributed by atoms with van der Waals surface area (Å²) in [5.74, 6) is -2.14. The molecule has 1 aliphatic rings. The number of benzene rings is 1. The molecule has 1 fully saturated rings. The minimum absolute atomic E-state index is 0.0435. The van der Waals surface area contributed by atoms with Gasteiger partial charge in [0.25, 0.3) is 0 Å². The summed E-state index contributed by atoms with van der Waals surface area (Å²) in [6.45, 7) is 6.90. The average Bonchev–Trinajstić information content (AvgIpc) is 2.65. The first-order valence-electron chi connectivity index (χ1n) is 8.01. The molecular weight excluding hydrogens is 526 g/mol. The standard InChI is InChI=1S/C15H21O2.C2HF3O2.Hg/c1-10-5-6-12(13(16)9-10)14(3)7-8-15(4,17)11(14)2;3-2(4,5)1(6)7;/h5-6,9,16-17H,7-8H2,1-4H3;(H,6,7);/q;;+1/p-1/t14-,15+;;/m1../s1. The quantitative estimate of drug-likeness (QED) is 0.566. The maximum atomic E-state index is 12.5. The molecular formula is C17H21F3HgO4. The number of aryl methyl sites for hydroxylation is 1. The molecule has 3 atom stereocenters. The Hall–Kier alpha value is -0.825. The molecule has 4 nitrogen and oxygen atoms in total. The van der Waals surface area contributed by atoms with Crippen molar-refractivity contribution in [2.75, 3.05) is 0 Å². The third-order valence-corrected chi connectivity index (χ3v) is 15.8. The van der Waals surface area contributed by atoms with E-state index in [1.54, 1.807) is 26.0 Å². The number of hydrogen-bond acceptors (Lipinski definition) is 4. The molecule has 1 saturated carbocycles. The Morgan fingerprint density at radius 1 is 1.24 bits per heavy atom. The zero-order chi connectivity index (χ0) is 19.3. The van der Waals surface area contributed by atoms with E-state index < -0.39 is 51.1 Å². The van der Waals surface area contributed by atoms with Crippen molar-refractivity contribution < 1.29 is 55.9 Å². The molecule has 0 amide bonds. The molecule has 0 heterocycles. The topological polar surface area (TPSA) is 66.8 Å². The number of halogens is 3. The van der Waals surface area contributed by atoms with E-state index in [1.165, 1.54) is 0 Å². The molecule has 2 rings (SSSR count). The summed E-state index contributed by atoms with van der Waals surface area (Å²) in [5, 5.41) is 21.3. The molecule has 8 heteroatoms. The zero-order valence-corrected chi connectivity index (χ0v) is 20.2. The van der Waals surface area contributed by atoms with Crippen molar-refractivity contribution >= 4 is 5.97 Å². The molecule has 1 aromatic carbocycles.